The van der Waals surface area contributed by atoms with E-state index in [-0.39, 0.29) is 6.10 Å². The van der Waals surface area contributed by atoms with Gasteiger partial charge in [-0.25, -0.2) is 9.97 Å². The second kappa shape index (κ2) is 9.13. The molecule has 0 saturated carbocycles. The van der Waals surface area contributed by atoms with E-state index in [1.54, 1.807) is 18.5 Å². The number of amides is 1. The number of aromatic nitrogens is 2. The standard InChI is InChI=1S/C19H30N4O2/c1-2-10-22-11-4-16(5-12-22)15-18(24)23-13-6-17(7-14-23)25-19-20-8-3-9-21-19/h3,8-9,16-17H,2,4-7,10-15H2,1H3. The van der Waals surface area contributed by atoms with Crippen LogP contribution >= 0.6 is 0 Å². The zero-order valence-electron chi connectivity index (χ0n) is 15.3. The summed E-state index contributed by atoms with van der Waals surface area (Å²) in [5.74, 6) is 0.885. The van der Waals surface area contributed by atoms with Crippen molar-refractivity contribution < 1.29 is 9.53 Å². The Kier molecular flexibility index (Phi) is 6.62. The summed E-state index contributed by atoms with van der Waals surface area (Å²) < 4.78 is 5.80. The normalized spacial score (nSPS) is 20.6. The number of piperidine rings is 2. The van der Waals surface area contributed by atoms with E-state index < -0.39 is 0 Å². The fraction of sp³-hybridized carbons (Fsp3) is 0.737. The van der Waals surface area contributed by atoms with E-state index in [1.165, 1.54) is 13.0 Å². The minimum Gasteiger partial charge on any atom is -0.460 e. The Labute approximate surface area is 150 Å². The molecule has 1 aromatic rings. The van der Waals surface area contributed by atoms with Gasteiger partial charge in [-0.15, -0.1) is 0 Å². The Morgan fingerprint density at radius 3 is 2.44 bits per heavy atom. The third kappa shape index (κ3) is 5.39. The van der Waals surface area contributed by atoms with Crippen LogP contribution in [-0.4, -0.2) is 64.5 Å². The molecular weight excluding hydrogens is 316 g/mol. The molecule has 2 fully saturated rings. The second-order valence-corrected chi connectivity index (χ2v) is 7.22. The Morgan fingerprint density at radius 1 is 1.12 bits per heavy atom. The molecule has 0 radical (unpaired) electrons. The van der Waals surface area contributed by atoms with Crippen LogP contribution in [0, 0.1) is 5.92 Å². The first-order valence-corrected chi connectivity index (χ1v) is 9.68. The number of likely N-dealkylation sites (tertiary alicyclic amines) is 2. The van der Waals surface area contributed by atoms with Crippen molar-refractivity contribution in [3.63, 3.8) is 0 Å². The number of carbonyl (C=O) groups excluding carboxylic acids is 1. The van der Waals surface area contributed by atoms with Gasteiger partial charge in [-0.3, -0.25) is 4.79 Å². The largest absolute Gasteiger partial charge is 0.460 e. The van der Waals surface area contributed by atoms with E-state index >= 15 is 0 Å². The molecule has 2 aliphatic heterocycles. The van der Waals surface area contributed by atoms with E-state index in [4.69, 9.17) is 4.74 Å². The summed E-state index contributed by atoms with van der Waals surface area (Å²) in [4.78, 5) is 25.3. The van der Waals surface area contributed by atoms with Crippen molar-refractivity contribution in [1.29, 1.82) is 0 Å². The van der Waals surface area contributed by atoms with Gasteiger partial charge < -0.3 is 14.5 Å². The molecular formula is C19H30N4O2. The van der Waals surface area contributed by atoms with Gasteiger partial charge in [-0.05, 0) is 50.9 Å². The minimum atomic E-state index is 0.115. The van der Waals surface area contributed by atoms with Crippen molar-refractivity contribution in [2.24, 2.45) is 5.92 Å². The smallest absolute Gasteiger partial charge is 0.316 e. The summed E-state index contributed by atoms with van der Waals surface area (Å²) >= 11 is 0. The summed E-state index contributed by atoms with van der Waals surface area (Å²) in [5, 5.41) is 0. The van der Waals surface area contributed by atoms with Crippen LogP contribution in [0.2, 0.25) is 0 Å². The molecule has 2 saturated heterocycles. The highest BCUT2D eigenvalue weighted by Gasteiger charge is 2.27. The van der Waals surface area contributed by atoms with E-state index in [0.29, 0.717) is 24.3 Å². The van der Waals surface area contributed by atoms with Crippen molar-refractivity contribution in [2.45, 2.75) is 51.6 Å². The Bertz CT molecular complexity index is 523. The molecule has 6 nitrogen and oxygen atoms in total. The Balaban J connectivity index is 1.37. The molecule has 1 aromatic heterocycles. The summed E-state index contributed by atoms with van der Waals surface area (Å²) in [6.07, 6.45) is 9.47. The predicted octanol–water partition coefficient (Wildman–Crippen LogP) is 2.36. The van der Waals surface area contributed by atoms with Crippen molar-refractivity contribution in [3.05, 3.63) is 18.5 Å². The molecule has 0 atom stereocenters. The van der Waals surface area contributed by atoms with Crippen LogP contribution in [0.3, 0.4) is 0 Å². The van der Waals surface area contributed by atoms with Gasteiger partial charge in [0.2, 0.25) is 5.91 Å². The summed E-state index contributed by atoms with van der Waals surface area (Å²) in [6.45, 7) is 7.29. The number of carbonyl (C=O) groups is 1. The van der Waals surface area contributed by atoms with Gasteiger partial charge >= 0.3 is 6.01 Å². The Morgan fingerprint density at radius 2 is 1.80 bits per heavy atom. The first kappa shape index (κ1) is 18.1. The molecule has 0 aromatic carbocycles. The van der Waals surface area contributed by atoms with Gasteiger partial charge in [-0.2, -0.15) is 0 Å². The van der Waals surface area contributed by atoms with Crippen LogP contribution in [0.4, 0.5) is 0 Å². The van der Waals surface area contributed by atoms with Crippen LogP contribution in [0.5, 0.6) is 6.01 Å². The average molecular weight is 346 g/mol. The lowest BCUT2D eigenvalue weighted by atomic mass is 9.92. The predicted molar refractivity (Wildman–Crippen MR) is 96.3 cm³/mol. The van der Waals surface area contributed by atoms with Gasteiger partial charge in [0.1, 0.15) is 6.10 Å². The Hall–Kier alpha value is -1.69. The van der Waals surface area contributed by atoms with E-state index in [1.807, 2.05) is 4.90 Å². The fourth-order valence-corrected chi connectivity index (χ4v) is 3.82. The maximum atomic E-state index is 12.6. The average Bonchev–Trinajstić information content (AvgIpc) is 2.65. The summed E-state index contributed by atoms with van der Waals surface area (Å²) in [7, 11) is 0. The maximum absolute atomic E-state index is 12.6. The lowest BCUT2D eigenvalue weighted by Gasteiger charge is -2.35. The van der Waals surface area contributed by atoms with Crippen LogP contribution in [0.1, 0.15) is 45.4 Å². The molecule has 0 unspecified atom stereocenters. The van der Waals surface area contributed by atoms with Crippen molar-refractivity contribution in [3.8, 4) is 6.01 Å². The van der Waals surface area contributed by atoms with E-state index in [9.17, 15) is 4.79 Å². The van der Waals surface area contributed by atoms with Crippen molar-refractivity contribution in [1.82, 2.24) is 19.8 Å². The lowest BCUT2D eigenvalue weighted by molar-refractivity contribution is -0.134. The molecule has 25 heavy (non-hydrogen) atoms. The monoisotopic (exact) mass is 346 g/mol. The molecule has 0 aliphatic carbocycles. The van der Waals surface area contributed by atoms with E-state index in [2.05, 4.69) is 21.8 Å². The molecule has 0 bridgehead atoms. The highest BCUT2D eigenvalue weighted by molar-refractivity contribution is 5.76. The first-order valence-electron chi connectivity index (χ1n) is 9.68. The SMILES string of the molecule is CCCN1CCC(CC(=O)N2CCC(Oc3ncccn3)CC2)CC1. The third-order valence-corrected chi connectivity index (χ3v) is 5.32. The molecule has 3 rings (SSSR count). The number of hydrogen-bond donors (Lipinski definition) is 0. The molecule has 0 N–H and O–H groups in total. The third-order valence-electron chi connectivity index (χ3n) is 5.32. The molecule has 3 heterocycles. The quantitative estimate of drug-likeness (QED) is 0.791. The first-order chi connectivity index (χ1) is 12.2. The van der Waals surface area contributed by atoms with Gasteiger partial charge in [-0.1, -0.05) is 6.92 Å². The van der Waals surface area contributed by atoms with E-state index in [0.717, 1.165) is 51.9 Å². The van der Waals surface area contributed by atoms with Gasteiger partial charge in [0.15, 0.2) is 0 Å². The zero-order chi connectivity index (χ0) is 17.5. The van der Waals surface area contributed by atoms with Gasteiger partial charge in [0.05, 0.1) is 0 Å². The topological polar surface area (TPSA) is 58.6 Å². The number of rotatable bonds is 6. The van der Waals surface area contributed by atoms with Crippen LogP contribution in [0.25, 0.3) is 0 Å². The molecule has 6 heteroatoms. The molecule has 0 spiro atoms. The van der Waals surface area contributed by atoms with Crippen molar-refractivity contribution in [2.75, 3.05) is 32.7 Å². The molecule has 2 aliphatic rings. The van der Waals surface area contributed by atoms with Gasteiger partial charge in [0.25, 0.3) is 0 Å². The van der Waals surface area contributed by atoms with Crippen LogP contribution in [0.15, 0.2) is 18.5 Å². The van der Waals surface area contributed by atoms with Crippen molar-refractivity contribution >= 4 is 5.91 Å². The second-order valence-electron chi connectivity index (χ2n) is 7.22. The van der Waals surface area contributed by atoms with Gasteiger partial charge in [0, 0.05) is 44.7 Å². The molecule has 138 valence electrons. The lowest BCUT2D eigenvalue weighted by Crippen LogP contribution is -2.43. The highest BCUT2D eigenvalue weighted by Crippen LogP contribution is 2.23. The highest BCUT2D eigenvalue weighted by atomic mass is 16.5. The molecule has 1 amide bonds. The van der Waals surface area contributed by atoms with Crippen LogP contribution < -0.4 is 4.74 Å². The fourth-order valence-electron chi connectivity index (χ4n) is 3.82. The van der Waals surface area contributed by atoms with Crippen LogP contribution in [-0.2, 0) is 4.79 Å². The number of ether oxygens (including phenoxy) is 1. The summed E-state index contributed by atoms with van der Waals surface area (Å²) in [5.41, 5.74) is 0. The summed E-state index contributed by atoms with van der Waals surface area (Å²) in [6, 6.07) is 2.21. The zero-order valence-corrected chi connectivity index (χ0v) is 15.3. The number of hydrogen-bond acceptors (Lipinski definition) is 5. The minimum absolute atomic E-state index is 0.115. The number of nitrogens with zero attached hydrogens (tertiary/aromatic N) is 4. The maximum Gasteiger partial charge on any atom is 0.316 e.